The van der Waals surface area contributed by atoms with E-state index >= 15 is 0 Å². The molecular weight excluding hydrogens is 608 g/mol. The molecule has 4 rings (SSSR count). The number of aryl methyl sites for hydroxylation is 2. The van der Waals surface area contributed by atoms with Crippen molar-refractivity contribution < 1.29 is 70.0 Å². The SMILES string of the molecule is Cc1cc(C[C@H](CO[C@@H]2O[C@H](CO)[C@@H](O)[C@H](O)[C@H]2O)[C@@H](CO[C@@H]2O[C@H](CO)[C@@H](O)[C@H](O)[C@H]2O)Cc2ccc(O)c(C)c2)ccc1O. The van der Waals surface area contributed by atoms with Crippen molar-refractivity contribution in [1.82, 2.24) is 0 Å². The summed E-state index contributed by atoms with van der Waals surface area (Å²) in [6.07, 6.45) is -14.1. The number of rotatable bonds is 13. The number of benzene rings is 2. The number of hydrogen-bond acceptors (Lipinski definition) is 14. The topological polar surface area (TPSA) is 239 Å². The van der Waals surface area contributed by atoms with Crippen LogP contribution < -0.4 is 0 Å². The Hall–Kier alpha value is -2.44. The Morgan fingerprint density at radius 1 is 0.587 bits per heavy atom. The predicted molar refractivity (Wildman–Crippen MR) is 160 cm³/mol. The number of phenolic OH excluding ortho intramolecular Hbond substituents is 2. The first-order valence-electron chi connectivity index (χ1n) is 15.3. The molecule has 0 amide bonds. The summed E-state index contributed by atoms with van der Waals surface area (Å²) < 4.78 is 23.1. The predicted octanol–water partition coefficient (Wildman–Crippen LogP) is -1.63. The van der Waals surface area contributed by atoms with Gasteiger partial charge in [0.15, 0.2) is 12.6 Å². The molecule has 12 atom stereocenters. The van der Waals surface area contributed by atoms with Crippen LogP contribution >= 0.6 is 0 Å². The van der Waals surface area contributed by atoms with E-state index in [-0.39, 0.29) is 24.7 Å². The normalized spacial score (nSPS) is 33.1. The number of ether oxygens (including phenoxy) is 4. The average molecular weight is 655 g/mol. The van der Waals surface area contributed by atoms with Gasteiger partial charge < -0.3 is 70.0 Å². The van der Waals surface area contributed by atoms with Gasteiger partial charge in [0, 0.05) is 0 Å². The summed E-state index contributed by atoms with van der Waals surface area (Å²) in [5, 5.41) is 102. The van der Waals surface area contributed by atoms with E-state index in [9.17, 15) is 51.1 Å². The maximum Gasteiger partial charge on any atom is 0.186 e. The van der Waals surface area contributed by atoms with Gasteiger partial charge in [-0.3, -0.25) is 0 Å². The zero-order chi connectivity index (χ0) is 33.7. The standard InChI is InChI=1S/C32H46O14/c1-15-7-17(3-5-21(15)35)9-19(13-43-31-29(41)27(39)25(37)23(11-33)45-31)20(10-18-4-6-22(36)16(2)8-18)14-44-32-30(42)28(40)26(38)24(12-34)46-32/h3-8,19-20,23-42H,9-14H2,1-2H3/t19-,20-,23-,24-,25-,26-,27+,28+,29-,30-,31-,32-/m1/s1. The lowest BCUT2D eigenvalue weighted by Gasteiger charge is -2.41. The molecule has 46 heavy (non-hydrogen) atoms. The lowest BCUT2D eigenvalue weighted by Crippen LogP contribution is -2.59. The Labute approximate surface area is 266 Å². The minimum atomic E-state index is -1.64. The number of aromatic hydroxyl groups is 2. The number of aliphatic hydroxyl groups is 8. The molecule has 14 nitrogen and oxygen atoms in total. The molecule has 2 saturated heterocycles. The number of hydrogen-bond donors (Lipinski definition) is 10. The lowest BCUT2D eigenvalue weighted by atomic mass is 9.83. The Morgan fingerprint density at radius 2 is 0.957 bits per heavy atom. The van der Waals surface area contributed by atoms with E-state index in [1.54, 1.807) is 50.2 Å². The second-order valence-electron chi connectivity index (χ2n) is 12.2. The van der Waals surface area contributed by atoms with E-state index in [0.717, 1.165) is 11.1 Å². The van der Waals surface area contributed by atoms with Crippen LogP contribution in [0.25, 0.3) is 0 Å². The summed E-state index contributed by atoms with van der Waals surface area (Å²) in [4.78, 5) is 0. The van der Waals surface area contributed by atoms with Crippen LogP contribution in [0, 0.1) is 25.7 Å². The van der Waals surface area contributed by atoms with E-state index in [2.05, 4.69) is 0 Å². The zero-order valence-corrected chi connectivity index (χ0v) is 25.7. The number of aliphatic hydroxyl groups excluding tert-OH is 8. The van der Waals surface area contributed by atoms with E-state index in [0.29, 0.717) is 24.0 Å². The lowest BCUT2D eigenvalue weighted by molar-refractivity contribution is -0.308. The minimum absolute atomic E-state index is 0.0949. The van der Waals surface area contributed by atoms with Crippen LogP contribution in [0.2, 0.25) is 0 Å². The van der Waals surface area contributed by atoms with Crippen LogP contribution in [0.1, 0.15) is 22.3 Å². The third kappa shape index (κ3) is 8.52. The maximum atomic E-state index is 10.6. The van der Waals surface area contributed by atoms with Gasteiger partial charge in [-0.2, -0.15) is 0 Å². The van der Waals surface area contributed by atoms with E-state index < -0.39 is 86.5 Å². The Kier molecular flexibility index (Phi) is 12.7. The molecule has 0 aliphatic carbocycles. The number of phenols is 2. The monoisotopic (exact) mass is 654 g/mol. The molecule has 2 aliphatic rings. The molecule has 0 unspecified atom stereocenters. The second-order valence-corrected chi connectivity index (χ2v) is 12.2. The molecule has 2 heterocycles. The highest BCUT2D eigenvalue weighted by Gasteiger charge is 2.46. The van der Waals surface area contributed by atoms with Crippen LogP contribution in [0.5, 0.6) is 11.5 Å². The van der Waals surface area contributed by atoms with Crippen LogP contribution in [0.3, 0.4) is 0 Å². The molecule has 0 aromatic heterocycles. The largest absolute Gasteiger partial charge is 0.508 e. The highest BCUT2D eigenvalue weighted by molar-refractivity contribution is 5.36. The van der Waals surface area contributed by atoms with Gasteiger partial charge in [0.2, 0.25) is 0 Å². The van der Waals surface area contributed by atoms with Gasteiger partial charge >= 0.3 is 0 Å². The van der Waals surface area contributed by atoms with Crippen molar-refractivity contribution in [3.05, 3.63) is 58.7 Å². The van der Waals surface area contributed by atoms with Crippen molar-refractivity contribution in [1.29, 1.82) is 0 Å². The van der Waals surface area contributed by atoms with Gasteiger partial charge in [0.1, 0.15) is 60.3 Å². The molecule has 0 saturated carbocycles. The van der Waals surface area contributed by atoms with Gasteiger partial charge in [-0.25, -0.2) is 0 Å². The Bertz CT molecular complexity index is 1160. The fraction of sp³-hybridized carbons (Fsp3) is 0.625. The van der Waals surface area contributed by atoms with Crippen LogP contribution in [0.15, 0.2) is 36.4 Å². The summed E-state index contributed by atoms with van der Waals surface area (Å²) in [7, 11) is 0. The van der Waals surface area contributed by atoms with Crippen molar-refractivity contribution in [3.8, 4) is 11.5 Å². The molecule has 2 aromatic carbocycles. The third-order valence-electron chi connectivity index (χ3n) is 8.83. The van der Waals surface area contributed by atoms with E-state index in [1.807, 2.05) is 0 Å². The first-order chi connectivity index (χ1) is 21.8. The summed E-state index contributed by atoms with van der Waals surface area (Å²) in [6, 6.07) is 10.2. The molecule has 0 spiro atoms. The Balaban J connectivity index is 1.63. The maximum absolute atomic E-state index is 10.6. The summed E-state index contributed by atoms with van der Waals surface area (Å²) in [5.74, 6) is -0.675. The molecular formula is C32H46O14. The molecule has 10 N–H and O–H groups in total. The molecule has 258 valence electrons. The van der Waals surface area contributed by atoms with Crippen molar-refractivity contribution in [3.63, 3.8) is 0 Å². The fourth-order valence-corrected chi connectivity index (χ4v) is 5.87. The van der Waals surface area contributed by atoms with Crippen LogP contribution in [0.4, 0.5) is 0 Å². The van der Waals surface area contributed by atoms with Gasteiger partial charge in [-0.05, 0) is 72.9 Å². The quantitative estimate of drug-likeness (QED) is 0.117. The third-order valence-corrected chi connectivity index (χ3v) is 8.83. The first-order valence-corrected chi connectivity index (χ1v) is 15.3. The first kappa shape index (κ1) is 36.4. The summed E-state index contributed by atoms with van der Waals surface area (Å²) >= 11 is 0. The molecule has 0 radical (unpaired) electrons. The molecule has 2 fully saturated rings. The smallest absolute Gasteiger partial charge is 0.186 e. The molecule has 14 heteroatoms. The summed E-state index contributed by atoms with van der Waals surface area (Å²) in [5.41, 5.74) is 2.90. The summed E-state index contributed by atoms with van der Waals surface area (Å²) in [6.45, 7) is 2.05. The van der Waals surface area contributed by atoms with Crippen molar-refractivity contribution in [2.75, 3.05) is 26.4 Å². The van der Waals surface area contributed by atoms with E-state index in [4.69, 9.17) is 18.9 Å². The van der Waals surface area contributed by atoms with Crippen molar-refractivity contribution in [2.45, 2.75) is 88.1 Å². The van der Waals surface area contributed by atoms with Crippen molar-refractivity contribution >= 4 is 0 Å². The minimum Gasteiger partial charge on any atom is -0.508 e. The molecule has 0 bridgehead atoms. The zero-order valence-electron chi connectivity index (χ0n) is 25.7. The van der Waals surface area contributed by atoms with Crippen molar-refractivity contribution in [2.24, 2.45) is 11.8 Å². The Morgan fingerprint density at radius 3 is 1.28 bits per heavy atom. The second kappa shape index (κ2) is 16.1. The van der Waals surface area contributed by atoms with Gasteiger partial charge in [0.05, 0.1) is 26.4 Å². The van der Waals surface area contributed by atoms with Gasteiger partial charge in [-0.1, -0.05) is 24.3 Å². The van der Waals surface area contributed by atoms with Crippen LogP contribution in [-0.2, 0) is 31.8 Å². The highest BCUT2D eigenvalue weighted by Crippen LogP contribution is 2.31. The van der Waals surface area contributed by atoms with Gasteiger partial charge in [-0.15, -0.1) is 0 Å². The van der Waals surface area contributed by atoms with Crippen LogP contribution in [-0.4, -0.2) is 139 Å². The average Bonchev–Trinajstić information content (AvgIpc) is 3.04. The molecule has 2 aromatic rings. The fourth-order valence-electron chi connectivity index (χ4n) is 5.87. The van der Waals surface area contributed by atoms with Gasteiger partial charge in [0.25, 0.3) is 0 Å². The molecule has 2 aliphatic heterocycles. The highest BCUT2D eigenvalue weighted by atomic mass is 16.7. The van der Waals surface area contributed by atoms with E-state index in [1.165, 1.54) is 0 Å².